The van der Waals surface area contributed by atoms with Crippen LogP contribution in [-0.4, -0.2) is 48.2 Å². The fourth-order valence-corrected chi connectivity index (χ4v) is 2.92. The molecule has 0 radical (unpaired) electrons. The molecule has 0 aliphatic carbocycles. The van der Waals surface area contributed by atoms with Crippen LogP contribution in [0, 0.1) is 0 Å². The van der Waals surface area contributed by atoms with E-state index < -0.39 is 5.54 Å². The predicted octanol–water partition coefficient (Wildman–Crippen LogP) is 3.21. The Morgan fingerprint density at radius 2 is 1.76 bits per heavy atom. The van der Waals surface area contributed by atoms with Gasteiger partial charge in [0.25, 0.3) is 0 Å². The first-order valence-electron chi connectivity index (χ1n) is 8.34. The monoisotopic (exact) mass is 300 g/mol. The summed E-state index contributed by atoms with van der Waals surface area (Å²) in [5.41, 5.74) is -0.635. The highest BCUT2D eigenvalue weighted by Crippen LogP contribution is 2.21. The smallest absolute Gasteiger partial charge is 0.326 e. The molecule has 0 aromatic heterocycles. The van der Waals surface area contributed by atoms with E-state index in [9.17, 15) is 4.79 Å². The maximum absolute atomic E-state index is 12.4. The summed E-state index contributed by atoms with van der Waals surface area (Å²) >= 11 is 0. The minimum absolute atomic E-state index is 0.151. The number of hydrogen-bond donors (Lipinski definition) is 1. The summed E-state index contributed by atoms with van der Waals surface area (Å²) in [5, 5.41) is 3.40. The van der Waals surface area contributed by atoms with Crippen LogP contribution in [0.15, 0.2) is 0 Å². The number of esters is 1. The number of hydrogen-bond acceptors (Lipinski definition) is 4. The van der Waals surface area contributed by atoms with Gasteiger partial charge in [-0.1, -0.05) is 13.3 Å². The van der Waals surface area contributed by atoms with Crippen LogP contribution in [0.3, 0.4) is 0 Å². The molecule has 126 valence electrons. The number of ether oxygens (including phenoxy) is 1. The minimum atomic E-state index is -0.635. The molecule has 0 aliphatic heterocycles. The Labute approximate surface area is 131 Å². The van der Waals surface area contributed by atoms with E-state index in [1.165, 1.54) is 12.8 Å². The van der Waals surface area contributed by atoms with Crippen LogP contribution in [0.2, 0.25) is 0 Å². The molecule has 0 amide bonds. The Hall–Kier alpha value is -0.610. The van der Waals surface area contributed by atoms with Crippen molar-refractivity contribution in [1.82, 2.24) is 10.2 Å². The molecule has 3 unspecified atom stereocenters. The Morgan fingerprint density at radius 3 is 2.19 bits per heavy atom. The van der Waals surface area contributed by atoms with Gasteiger partial charge in [-0.15, -0.1) is 0 Å². The SMILES string of the molecule is CCCC(C)N(C)C(C)CC(C)(NC(C)C)C(=O)OCC. The summed E-state index contributed by atoms with van der Waals surface area (Å²) < 4.78 is 5.28. The van der Waals surface area contributed by atoms with Gasteiger partial charge in [-0.25, -0.2) is 0 Å². The zero-order chi connectivity index (χ0) is 16.6. The molecule has 0 spiro atoms. The van der Waals surface area contributed by atoms with E-state index in [1.807, 2.05) is 13.8 Å². The molecular formula is C17H36N2O2. The maximum atomic E-state index is 12.4. The first-order chi connectivity index (χ1) is 9.67. The molecule has 4 nitrogen and oxygen atoms in total. The quantitative estimate of drug-likeness (QED) is 0.629. The summed E-state index contributed by atoms with van der Waals surface area (Å²) in [4.78, 5) is 14.7. The maximum Gasteiger partial charge on any atom is 0.326 e. The molecule has 0 heterocycles. The summed E-state index contributed by atoms with van der Waals surface area (Å²) in [6, 6.07) is 1.08. The molecule has 1 N–H and O–H groups in total. The van der Waals surface area contributed by atoms with Gasteiger partial charge < -0.3 is 9.64 Å². The van der Waals surface area contributed by atoms with Crippen molar-refractivity contribution in [2.45, 2.75) is 91.4 Å². The molecule has 0 bridgehead atoms. The van der Waals surface area contributed by atoms with Crippen molar-refractivity contribution < 1.29 is 9.53 Å². The zero-order valence-electron chi connectivity index (χ0n) is 15.3. The third-order valence-corrected chi connectivity index (χ3v) is 4.13. The molecule has 0 fully saturated rings. The largest absolute Gasteiger partial charge is 0.465 e. The van der Waals surface area contributed by atoms with Crippen LogP contribution >= 0.6 is 0 Å². The number of nitrogens with one attached hydrogen (secondary N) is 1. The lowest BCUT2D eigenvalue weighted by atomic mass is 9.91. The second kappa shape index (κ2) is 9.42. The number of carbonyl (C=O) groups is 1. The third kappa shape index (κ3) is 6.79. The number of nitrogens with zero attached hydrogens (tertiary/aromatic N) is 1. The molecule has 0 aromatic rings. The number of carbonyl (C=O) groups excluding carboxylic acids is 1. The molecular weight excluding hydrogens is 264 g/mol. The Morgan fingerprint density at radius 1 is 1.19 bits per heavy atom. The Balaban J connectivity index is 4.91. The topological polar surface area (TPSA) is 41.6 Å². The van der Waals surface area contributed by atoms with Gasteiger partial charge in [0.2, 0.25) is 0 Å². The summed E-state index contributed by atoms with van der Waals surface area (Å²) in [6.07, 6.45) is 3.10. The second-order valence-corrected chi connectivity index (χ2v) is 6.71. The van der Waals surface area contributed by atoms with Gasteiger partial charge in [-0.05, 0) is 61.4 Å². The van der Waals surface area contributed by atoms with Crippen LogP contribution in [-0.2, 0) is 9.53 Å². The molecule has 4 heteroatoms. The van der Waals surface area contributed by atoms with E-state index in [0.717, 1.165) is 6.42 Å². The lowest BCUT2D eigenvalue weighted by Gasteiger charge is -2.38. The van der Waals surface area contributed by atoms with Gasteiger partial charge in [-0.3, -0.25) is 10.1 Å². The zero-order valence-corrected chi connectivity index (χ0v) is 15.3. The predicted molar refractivity (Wildman–Crippen MR) is 89.5 cm³/mol. The van der Waals surface area contributed by atoms with Gasteiger partial charge in [0.15, 0.2) is 0 Å². The highest BCUT2D eigenvalue weighted by molar-refractivity contribution is 5.80. The molecule has 21 heavy (non-hydrogen) atoms. The van der Waals surface area contributed by atoms with E-state index in [1.54, 1.807) is 0 Å². The van der Waals surface area contributed by atoms with Crippen molar-refractivity contribution in [3.8, 4) is 0 Å². The van der Waals surface area contributed by atoms with Crippen molar-refractivity contribution in [3.63, 3.8) is 0 Å². The summed E-state index contributed by atoms with van der Waals surface area (Å²) in [6.45, 7) is 15.0. The van der Waals surface area contributed by atoms with Gasteiger partial charge in [0.05, 0.1) is 6.61 Å². The first kappa shape index (κ1) is 20.4. The second-order valence-electron chi connectivity index (χ2n) is 6.71. The highest BCUT2D eigenvalue weighted by atomic mass is 16.5. The van der Waals surface area contributed by atoms with E-state index >= 15 is 0 Å². The van der Waals surface area contributed by atoms with Crippen molar-refractivity contribution in [3.05, 3.63) is 0 Å². The fraction of sp³-hybridized carbons (Fsp3) is 0.941. The van der Waals surface area contributed by atoms with Crippen molar-refractivity contribution in [2.75, 3.05) is 13.7 Å². The Bertz CT molecular complexity index is 307. The normalized spacial score (nSPS) is 17.6. The van der Waals surface area contributed by atoms with Gasteiger partial charge in [0.1, 0.15) is 5.54 Å². The van der Waals surface area contributed by atoms with Crippen LogP contribution in [0.25, 0.3) is 0 Å². The van der Waals surface area contributed by atoms with Gasteiger partial charge in [-0.2, -0.15) is 0 Å². The Kier molecular flexibility index (Phi) is 9.14. The third-order valence-electron chi connectivity index (χ3n) is 4.13. The van der Waals surface area contributed by atoms with Crippen LogP contribution in [0.1, 0.15) is 67.7 Å². The van der Waals surface area contributed by atoms with E-state index in [0.29, 0.717) is 18.7 Å². The summed E-state index contributed by atoms with van der Waals surface area (Å²) in [5.74, 6) is -0.151. The van der Waals surface area contributed by atoms with Crippen molar-refractivity contribution in [2.24, 2.45) is 0 Å². The average molecular weight is 300 g/mol. The number of rotatable bonds is 10. The minimum Gasteiger partial charge on any atom is -0.465 e. The van der Waals surface area contributed by atoms with Crippen molar-refractivity contribution >= 4 is 5.97 Å². The van der Waals surface area contributed by atoms with Gasteiger partial charge >= 0.3 is 5.97 Å². The average Bonchev–Trinajstić information content (AvgIpc) is 2.37. The molecule has 0 aliphatic rings. The lowest BCUT2D eigenvalue weighted by molar-refractivity contribution is -0.151. The van der Waals surface area contributed by atoms with Crippen LogP contribution in [0.5, 0.6) is 0 Å². The van der Waals surface area contributed by atoms with Crippen LogP contribution < -0.4 is 5.32 Å². The molecule has 0 saturated heterocycles. The van der Waals surface area contributed by atoms with E-state index in [2.05, 4.69) is 51.9 Å². The molecule has 0 rings (SSSR count). The van der Waals surface area contributed by atoms with E-state index in [4.69, 9.17) is 4.74 Å². The van der Waals surface area contributed by atoms with E-state index in [-0.39, 0.29) is 12.0 Å². The lowest BCUT2D eigenvalue weighted by Crippen LogP contribution is -2.56. The first-order valence-corrected chi connectivity index (χ1v) is 8.34. The highest BCUT2D eigenvalue weighted by Gasteiger charge is 2.37. The molecule has 0 aromatic carbocycles. The standard InChI is InChI=1S/C17H36N2O2/c1-9-11-14(5)19(8)15(6)12-17(7,18-13(3)4)16(20)21-10-2/h13-15,18H,9-12H2,1-8H3. The van der Waals surface area contributed by atoms with Crippen molar-refractivity contribution in [1.29, 1.82) is 0 Å². The fourth-order valence-electron chi connectivity index (χ4n) is 2.92. The molecule has 0 saturated carbocycles. The van der Waals surface area contributed by atoms with Gasteiger partial charge in [0, 0.05) is 18.1 Å². The van der Waals surface area contributed by atoms with Crippen LogP contribution in [0.4, 0.5) is 0 Å². The molecule has 3 atom stereocenters. The summed E-state index contributed by atoms with van der Waals surface area (Å²) in [7, 11) is 2.14.